The summed E-state index contributed by atoms with van der Waals surface area (Å²) < 4.78 is 0. The normalized spacial score (nSPS) is 12.5. The lowest BCUT2D eigenvalue weighted by atomic mass is 9.83. The molecule has 0 bridgehead atoms. The second kappa shape index (κ2) is 8.63. The maximum atomic E-state index is 3.77. The van der Waals surface area contributed by atoms with E-state index in [-0.39, 0.29) is 0 Å². The van der Waals surface area contributed by atoms with Crippen LogP contribution in [-0.4, -0.2) is 12.6 Å². The molecule has 2 aromatic rings. The van der Waals surface area contributed by atoms with Gasteiger partial charge in [0.25, 0.3) is 0 Å². The minimum absolute atomic E-state index is 0.430. The lowest BCUT2D eigenvalue weighted by Crippen LogP contribution is -2.36. The predicted molar refractivity (Wildman–Crippen MR) is 91.7 cm³/mol. The van der Waals surface area contributed by atoms with E-state index in [0.29, 0.717) is 12.0 Å². The Balaban J connectivity index is 2.34. The summed E-state index contributed by atoms with van der Waals surface area (Å²) in [6.45, 7) is 5.59. The molecule has 2 rings (SSSR count). The lowest BCUT2D eigenvalue weighted by molar-refractivity contribution is 0.435. The molecule has 21 heavy (non-hydrogen) atoms. The highest BCUT2D eigenvalue weighted by Crippen LogP contribution is 2.30. The second-order valence-electron chi connectivity index (χ2n) is 5.65. The zero-order valence-electron chi connectivity index (χ0n) is 13.3. The van der Waals surface area contributed by atoms with E-state index in [0.717, 1.165) is 6.54 Å². The van der Waals surface area contributed by atoms with Gasteiger partial charge in [0.05, 0.1) is 0 Å². The highest BCUT2D eigenvalue weighted by molar-refractivity contribution is 5.34. The molecule has 0 heterocycles. The molecule has 0 aliphatic carbocycles. The van der Waals surface area contributed by atoms with Crippen molar-refractivity contribution in [3.05, 3.63) is 71.8 Å². The fourth-order valence-corrected chi connectivity index (χ4v) is 3.01. The van der Waals surface area contributed by atoms with Gasteiger partial charge >= 0.3 is 0 Å². The summed E-state index contributed by atoms with van der Waals surface area (Å²) in [6.07, 6.45) is 3.59. The zero-order valence-corrected chi connectivity index (χ0v) is 13.3. The maximum absolute atomic E-state index is 3.77. The van der Waals surface area contributed by atoms with Crippen LogP contribution in [0.1, 0.15) is 50.2 Å². The first-order valence-electron chi connectivity index (χ1n) is 8.20. The summed E-state index contributed by atoms with van der Waals surface area (Å²) in [4.78, 5) is 0. The van der Waals surface area contributed by atoms with Gasteiger partial charge in [0.15, 0.2) is 0 Å². The third kappa shape index (κ3) is 4.44. The van der Waals surface area contributed by atoms with Crippen LogP contribution < -0.4 is 5.32 Å². The third-order valence-corrected chi connectivity index (χ3v) is 3.98. The Hall–Kier alpha value is -1.60. The van der Waals surface area contributed by atoms with Gasteiger partial charge in [-0.25, -0.2) is 0 Å². The van der Waals surface area contributed by atoms with Crippen molar-refractivity contribution in [3.8, 4) is 0 Å². The Morgan fingerprint density at radius 1 is 0.762 bits per heavy atom. The van der Waals surface area contributed by atoms with E-state index in [1.165, 1.54) is 30.4 Å². The first kappa shape index (κ1) is 15.8. The minimum atomic E-state index is 0.430. The second-order valence-corrected chi connectivity index (χ2v) is 5.65. The quantitative estimate of drug-likeness (QED) is 0.719. The zero-order chi connectivity index (χ0) is 14.9. The number of hydrogen-bond acceptors (Lipinski definition) is 1. The Kier molecular flexibility index (Phi) is 6.49. The molecule has 0 aliphatic heterocycles. The van der Waals surface area contributed by atoms with E-state index in [2.05, 4.69) is 79.8 Å². The predicted octanol–water partition coefficient (Wildman–Crippen LogP) is 4.99. The van der Waals surface area contributed by atoms with Gasteiger partial charge in [0.1, 0.15) is 0 Å². The monoisotopic (exact) mass is 281 g/mol. The molecule has 0 aromatic heterocycles. The molecule has 1 N–H and O–H groups in total. The SMILES string of the molecule is CCCNC(CCC)C(c1ccccc1)c1ccccc1. The minimum Gasteiger partial charge on any atom is -0.313 e. The molecule has 0 spiro atoms. The van der Waals surface area contributed by atoms with Crippen LogP contribution in [0.2, 0.25) is 0 Å². The molecule has 0 saturated carbocycles. The van der Waals surface area contributed by atoms with Crippen LogP contribution in [0.3, 0.4) is 0 Å². The summed E-state index contributed by atoms with van der Waals surface area (Å²) in [5.74, 6) is 0.430. The van der Waals surface area contributed by atoms with Crippen LogP contribution in [0.4, 0.5) is 0 Å². The van der Waals surface area contributed by atoms with E-state index >= 15 is 0 Å². The summed E-state index contributed by atoms with van der Waals surface area (Å²) in [5, 5.41) is 3.77. The maximum Gasteiger partial charge on any atom is 0.0243 e. The van der Waals surface area contributed by atoms with Gasteiger partial charge in [-0.2, -0.15) is 0 Å². The van der Waals surface area contributed by atoms with Crippen molar-refractivity contribution in [2.75, 3.05) is 6.54 Å². The molecule has 1 unspecified atom stereocenters. The fraction of sp³-hybridized carbons (Fsp3) is 0.400. The van der Waals surface area contributed by atoms with Crippen molar-refractivity contribution in [2.45, 2.75) is 45.1 Å². The van der Waals surface area contributed by atoms with Crippen molar-refractivity contribution in [1.82, 2.24) is 5.32 Å². The molecule has 0 amide bonds. The smallest absolute Gasteiger partial charge is 0.0243 e. The van der Waals surface area contributed by atoms with Crippen molar-refractivity contribution >= 4 is 0 Å². The molecular weight excluding hydrogens is 254 g/mol. The third-order valence-electron chi connectivity index (χ3n) is 3.98. The average molecular weight is 281 g/mol. The first-order chi connectivity index (χ1) is 10.4. The largest absolute Gasteiger partial charge is 0.313 e. The number of nitrogens with one attached hydrogen (secondary N) is 1. The Morgan fingerprint density at radius 3 is 1.71 bits per heavy atom. The van der Waals surface area contributed by atoms with Crippen LogP contribution in [0, 0.1) is 0 Å². The number of benzene rings is 2. The van der Waals surface area contributed by atoms with Gasteiger partial charge in [0.2, 0.25) is 0 Å². The highest BCUT2D eigenvalue weighted by Gasteiger charge is 2.23. The molecular formula is C20H27N. The Bertz CT molecular complexity index is 452. The summed E-state index contributed by atoms with van der Waals surface area (Å²) in [5.41, 5.74) is 2.82. The van der Waals surface area contributed by atoms with Crippen LogP contribution >= 0.6 is 0 Å². The van der Waals surface area contributed by atoms with Crippen molar-refractivity contribution in [1.29, 1.82) is 0 Å². The van der Waals surface area contributed by atoms with E-state index < -0.39 is 0 Å². The van der Waals surface area contributed by atoms with E-state index in [1.54, 1.807) is 0 Å². The summed E-state index contributed by atoms with van der Waals surface area (Å²) in [7, 11) is 0. The summed E-state index contributed by atoms with van der Waals surface area (Å²) in [6, 6.07) is 22.3. The number of rotatable bonds is 8. The molecule has 0 radical (unpaired) electrons. The molecule has 0 fully saturated rings. The van der Waals surface area contributed by atoms with Crippen molar-refractivity contribution in [3.63, 3.8) is 0 Å². The van der Waals surface area contributed by atoms with Gasteiger partial charge in [-0.15, -0.1) is 0 Å². The molecule has 2 aromatic carbocycles. The van der Waals surface area contributed by atoms with Gasteiger partial charge in [-0.1, -0.05) is 80.9 Å². The van der Waals surface area contributed by atoms with Crippen LogP contribution in [-0.2, 0) is 0 Å². The standard InChI is InChI=1S/C20H27N/c1-3-11-19(21-16-4-2)20(17-12-7-5-8-13-17)18-14-9-6-10-15-18/h5-10,12-15,19-21H,3-4,11,16H2,1-2H3. The molecule has 0 aliphatic rings. The highest BCUT2D eigenvalue weighted by atomic mass is 14.9. The van der Waals surface area contributed by atoms with Crippen LogP contribution in [0.15, 0.2) is 60.7 Å². The van der Waals surface area contributed by atoms with Gasteiger partial charge in [-0.3, -0.25) is 0 Å². The molecule has 1 heteroatoms. The van der Waals surface area contributed by atoms with E-state index in [1.807, 2.05) is 0 Å². The first-order valence-corrected chi connectivity index (χ1v) is 8.20. The fourth-order valence-electron chi connectivity index (χ4n) is 3.01. The molecule has 0 saturated heterocycles. The topological polar surface area (TPSA) is 12.0 Å². The molecule has 1 nitrogen and oxygen atoms in total. The van der Waals surface area contributed by atoms with Gasteiger partial charge < -0.3 is 5.32 Å². The van der Waals surface area contributed by atoms with Crippen LogP contribution in [0.25, 0.3) is 0 Å². The van der Waals surface area contributed by atoms with Crippen molar-refractivity contribution < 1.29 is 0 Å². The lowest BCUT2D eigenvalue weighted by Gasteiger charge is -2.29. The van der Waals surface area contributed by atoms with Crippen LogP contribution in [0.5, 0.6) is 0 Å². The molecule has 1 atom stereocenters. The molecule has 112 valence electrons. The van der Waals surface area contributed by atoms with Gasteiger partial charge in [0, 0.05) is 12.0 Å². The Labute approximate surface area is 129 Å². The van der Waals surface area contributed by atoms with Gasteiger partial charge in [-0.05, 0) is 30.5 Å². The van der Waals surface area contributed by atoms with E-state index in [9.17, 15) is 0 Å². The summed E-state index contributed by atoms with van der Waals surface area (Å²) >= 11 is 0. The van der Waals surface area contributed by atoms with Crippen molar-refractivity contribution in [2.24, 2.45) is 0 Å². The average Bonchev–Trinajstić information content (AvgIpc) is 2.55. The Morgan fingerprint density at radius 2 is 1.29 bits per heavy atom. The number of hydrogen-bond donors (Lipinski definition) is 1. The van der Waals surface area contributed by atoms with E-state index in [4.69, 9.17) is 0 Å².